The number of nitrogens with one attached hydrogen (secondary N) is 2. The molecule has 3 amide bonds. The van der Waals surface area contributed by atoms with Crippen LogP contribution in [0.2, 0.25) is 0 Å². The lowest BCUT2D eigenvalue weighted by molar-refractivity contribution is -0.118. The van der Waals surface area contributed by atoms with Gasteiger partial charge in [0.25, 0.3) is 0 Å². The zero-order valence-corrected chi connectivity index (χ0v) is 10.9. The molecular weight excluding hydrogens is 234 g/mol. The van der Waals surface area contributed by atoms with E-state index < -0.39 is 0 Å². The summed E-state index contributed by atoms with van der Waals surface area (Å²) in [5, 5.41) is 5.70. The molecule has 1 aliphatic rings. The first-order valence-electron chi connectivity index (χ1n) is 6.48. The topological polar surface area (TPSA) is 93.4 Å². The Balaban J connectivity index is 2.07. The van der Waals surface area contributed by atoms with Gasteiger partial charge in [0.15, 0.2) is 0 Å². The van der Waals surface area contributed by atoms with Gasteiger partial charge < -0.3 is 21.1 Å². The number of urea groups is 1. The number of carbonyl (C=O) groups is 2. The molecule has 6 heteroatoms. The van der Waals surface area contributed by atoms with E-state index in [2.05, 4.69) is 10.6 Å². The van der Waals surface area contributed by atoms with Crippen molar-refractivity contribution in [1.29, 1.82) is 0 Å². The minimum Gasteiger partial charge on any atom is -0.381 e. The first-order chi connectivity index (χ1) is 8.58. The van der Waals surface area contributed by atoms with Crippen LogP contribution < -0.4 is 16.4 Å². The van der Waals surface area contributed by atoms with Crippen LogP contribution in [0.3, 0.4) is 0 Å². The summed E-state index contributed by atoms with van der Waals surface area (Å²) in [5.74, 6) is -0.0972. The second-order valence-corrected chi connectivity index (χ2v) is 4.85. The Morgan fingerprint density at radius 2 is 2.06 bits per heavy atom. The molecule has 0 saturated carbocycles. The molecule has 0 spiro atoms. The summed E-state index contributed by atoms with van der Waals surface area (Å²) in [6.07, 6.45) is 2.85. The molecule has 4 N–H and O–H groups in total. The van der Waals surface area contributed by atoms with Gasteiger partial charge in [0.1, 0.15) is 0 Å². The minimum absolute atomic E-state index is 0.145. The van der Waals surface area contributed by atoms with Crippen LogP contribution in [-0.2, 0) is 9.53 Å². The van der Waals surface area contributed by atoms with Crippen molar-refractivity contribution in [3.63, 3.8) is 0 Å². The summed E-state index contributed by atoms with van der Waals surface area (Å²) in [6.45, 7) is 3.92. The van der Waals surface area contributed by atoms with Crippen LogP contribution in [0.4, 0.5) is 4.79 Å². The number of nitrogens with two attached hydrogens (primary N) is 1. The Morgan fingerprint density at radius 3 is 2.67 bits per heavy atom. The fourth-order valence-corrected chi connectivity index (χ4v) is 1.96. The summed E-state index contributed by atoms with van der Waals surface area (Å²) in [7, 11) is 0. The lowest BCUT2D eigenvalue weighted by Gasteiger charge is -2.23. The molecule has 0 aromatic heterocycles. The molecule has 0 aromatic carbocycles. The highest BCUT2D eigenvalue weighted by Crippen LogP contribution is 2.06. The molecule has 1 aliphatic heterocycles. The maximum atomic E-state index is 11.6. The van der Waals surface area contributed by atoms with E-state index in [0.717, 1.165) is 19.3 Å². The third kappa shape index (κ3) is 6.44. The molecule has 1 heterocycles. The van der Waals surface area contributed by atoms with Crippen molar-refractivity contribution in [2.24, 2.45) is 11.7 Å². The number of hydrogen-bond donors (Lipinski definition) is 3. The first-order valence-corrected chi connectivity index (χ1v) is 6.48. The molecule has 0 unspecified atom stereocenters. The summed E-state index contributed by atoms with van der Waals surface area (Å²) in [4.78, 5) is 22.2. The number of hydrogen-bond acceptors (Lipinski definition) is 3. The van der Waals surface area contributed by atoms with Crippen molar-refractivity contribution in [2.75, 3.05) is 19.8 Å². The second-order valence-electron chi connectivity index (χ2n) is 4.85. The van der Waals surface area contributed by atoms with Crippen LogP contribution in [-0.4, -0.2) is 37.7 Å². The molecule has 0 radical (unpaired) electrons. The van der Waals surface area contributed by atoms with Crippen LogP contribution in [0, 0.1) is 5.92 Å². The SMILES string of the molecule is C[C@@H](CCNC(=O)NC1CCOCC1)CC(N)=O. The van der Waals surface area contributed by atoms with Crippen LogP contribution in [0.1, 0.15) is 32.6 Å². The Bertz CT molecular complexity index is 278. The van der Waals surface area contributed by atoms with Gasteiger partial charge in [-0.05, 0) is 25.2 Å². The van der Waals surface area contributed by atoms with E-state index in [1.165, 1.54) is 0 Å². The Labute approximate surface area is 108 Å². The summed E-state index contributed by atoms with van der Waals surface area (Å²) < 4.78 is 5.22. The summed E-state index contributed by atoms with van der Waals surface area (Å²) in [5.41, 5.74) is 5.10. The fraction of sp³-hybridized carbons (Fsp3) is 0.833. The summed E-state index contributed by atoms with van der Waals surface area (Å²) >= 11 is 0. The lowest BCUT2D eigenvalue weighted by Crippen LogP contribution is -2.44. The van der Waals surface area contributed by atoms with E-state index in [1.54, 1.807) is 0 Å². The molecule has 104 valence electrons. The fourth-order valence-electron chi connectivity index (χ4n) is 1.96. The van der Waals surface area contributed by atoms with Gasteiger partial charge in [-0.25, -0.2) is 4.79 Å². The molecule has 6 nitrogen and oxygen atoms in total. The van der Waals surface area contributed by atoms with Gasteiger partial charge in [-0.3, -0.25) is 4.79 Å². The third-order valence-corrected chi connectivity index (χ3v) is 3.03. The van der Waals surface area contributed by atoms with Crippen molar-refractivity contribution < 1.29 is 14.3 Å². The van der Waals surface area contributed by atoms with Crippen LogP contribution in [0.15, 0.2) is 0 Å². The molecule has 0 aromatic rings. The standard InChI is InChI=1S/C12H23N3O3/c1-9(8-11(13)16)2-5-14-12(17)15-10-3-6-18-7-4-10/h9-10H,2-8H2,1H3,(H2,13,16)(H2,14,15,17)/t9-/m0/s1. The van der Waals surface area contributed by atoms with Crippen LogP contribution in [0.25, 0.3) is 0 Å². The number of carbonyl (C=O) groups excluding carboxylic acids is 2. The molecule has 1 atom stereocenters. The number of primary amides is 1. The monoisotopic (exact) mass is 257 g/mol. The van der Waals surface area contributed by atoms with Gasteiger partial charge in [0, 0.05) is 32.2 Å². The van der Waals surface area contributed by atoms with Crippen LogP contribution >= 0.6 is 0 Å². The largest absolute Gasteiger partial charge is 0.381 e. The second kappa shape index (κ2) is 7.92. The molecule has 18 heavy (non-hydrogen) atoms. The molecule has 1 rings (SSSR count). The summed E-state index contributed by atoms with van der Waals surface area (Å²) in [6, 6.07) is 0.0648. The Hall–Kier alpha value is -1.30. The maximum absolute atomic E-state index is 11.6. The van der Waals surface area contributed by atoms with Gasteiger partial charge in [0.2, 0.25) is 5.91 Å². The van der Waals surface area contributed by atoms with Gasteiger partial charge >= 0.3 is 6.03 Å². The average Bonchev–Trinajstić information content (AvgIpc) is 2.29. The van der Waals surface area contributed by atoms with E-state index in [-0.39, 0.29) is 23.9 Å². The van der Waals surface area contributed by atoms with Crippen LogP contribution in [0.5, 0.6) is 0 Å². The zero-order valence-electron chi connectivity index (χ0n) is 10.9. The molecular formula is C12H23N3O3. The normalized spacial score (nSPS) is 18.1. The highest BCUT2D eigenvalue weighted by molar-refractivity contribution is 5.74. The van der Waals surface area contributed by atoms with E-state index >= 15 is 0 Å². The average molecular weight is 257 g/mol. The highest BCUT2D eigenvalue weighted by atomic mass is 16.5. The van der Waals surface area contributed by atoms with E-state index in [4.69, 9.17) is 10.5 Å². The van der Waals surface area contributed by atoms with Crippen molar-refractivity contribution in [3.8, 4) is 0 Å². The highest BCUT2D eigenvalue weighted by Gasteiger charge is 2.15. The molecule has 0 aliphatic carbocycles. The molecule has 0 bridgehead atoms. The smallest absolute Gasteiger partial charge is 0.315 e. The van der Waals surface area contributed by atoms with Crippen molar-refractivity contribution in [1.82, 2.24) is 10.6 Å². The van der Waals surface area contributed by atoms with E-state index in [9.17, 15) is 9.59 Å². The van der Waals surface area contributed by atoms with Gasteiger partial charge in [-0.2, -0.15) is 0 Å². The predicted octanol–water partition coefficient (Wildman–Crippen LogP) is 0.366. The Kier molecular flexibility index (Phi) is 6.49. The molecule has 1 saturated heterocycles. The van der Waals surface area contributed by atoms with Gasteiger partial charge in [0.05, 0.1) is 0 Å². The molecule has 1 fully saturated rings. The van der Waals surface area contributed by atoms with Gasteiger partial charge in [-0.1, -0.05) is 6.92 Å². The quantitative estimate of drug-likeness (QED) is 0.641. The van der Waals surface area contributed by atoms with Crippen molar-refractivity contribution >= 4 is 11.9 Å². The van der Waals surface area contributed by atoms with Gasteiger partial charge in [-0.15, -0.1) is 0 Å². The van der Waals surface area contributed by atoms with Crippen molar-refractivity contribution in [2.45, 2.75) is 38.6 Å². The van der Waals surface area contributed by atoms with E-state index in [0.29, 0.717) is 26.2 Å². The third-order valence-electron chi connectivity index (χ3n) is 3.03. The number of rotatable bonds is 6. The Morgan fingerprint density at radius 1 is 1.39 bits per heavy atom. The zero-order chi connectivity index (χ0) is 13.4. The lowest BCUT2D eigenvalue weighted by atomic mass is 10.0. The van der Waals surface area contributed by atoms with E-state index in [1.807, 2.05) is 6.92 Å². The maximum Gasteiger partial charge on any atom is 0.315 e. The number of ether oxygens (including phenoxy) is 1. The number of amides is 3. The predicted molar refractivity (Wildman–Crippen MR) is 68.0 cm³/mol. The minimum atomic E-state index is -0.297. The first kappa shape index (κ1) is 14.8. The van der Waals surface area contributed by atoms with Crippen molar-refractivity contribution in [3.05, 3.63) is 0 Å².